The number of benzene rings is 3. The van der Waals surface area contributed by atoms with Crippen molar-refractivity contribution in [3.05, 3.63) is 59.7 Å². The summed E-state index contributed by atoms with van der Waals surface area (Å²) in [4.78, 5) is 0. The van der Waals surface area contributed by atoms with Crippen molar-refractivity contribution in [2.45, 2.75) is 0 Å². The van der Waals surface area contributed by atoms with Crippen LogP contribution in [0.2, 0.25) is 0 Å². The largest absolute Gasteiger partial charge is 0.204 e. The molecule has 90 valence electrons. The fourth-order valence-electron chi connectivity index (χ4n) is 2.10. The van der Waals surface area contributed by atoms with Crippen LogP contribution in [0.15, 0.2) is 36.4 Å². The lowest BCUT2D eigenvalue weighted by molar-refractivity contribution is 0.512. The molecule has 0 saturated carbocycles. The standard InChI is InChI=1S/C14H6F4/c15-9-5-3-7-1-2-8-4-6-10(16)14(18)12(8)11(7)13(9)17/h1-6H. The number of fused-ring (bicyclic) bond motifs is 3. The van der Waals surface area contributed by atoms with Gasteiger partial charge in [-0.15, -0.1) is 0 Å². The Balaban J connectivity index is 2.67. The van der Waals surface area contributed by atoms with Gasteiger partial charge in [-0.3, -0.25) is 0 Å². The molecular formula is C14H6F4. The maximum Gasteiger partial charge on any atom is 0.167 e. The minimum atomic E-state index is -1.16. The van der Waals surface area contributed by atoms with E-state index in [9.17, 15) is 17.6 Å². The molecule has 3 rings (SSSR count). The maximum absolute atomic E-state index is 13.8. The molecule has 0 aromatic heterocycles. The Kier molecular flexibility index (Phi) is 2.26. The van der Waals surface area contributed by atoms with Gasteiger partial charge in [0.15, 0.2) is 23.3 Å². The van der Waals surface area contributed by atoms with E-state index in [1.165, 1.54) is 24.3 Å². The Bertz CT molecular complexity index is 711. The van der Waals surface area contributed by atoms with Gasteiger partial charge in [0.1, 0.15) is 0 Å². The second kappa shape index (κ2) is 3.70. The molecule has 0 nitrogen and oxygen atoms in total. The van der Waals surface area contributed by atoms with Crippen molar-refractivity contribution in [1.82, 2.24) is 0 Å². The number of halogens is 4. The van der Waals surface area contributed by atoms with Crippen molar-refractivity contribution in [1.29, 1.82) is 0 Å². The van der Waals surface area contributed by atoms with Gasteiger partial charge in [0.05, 0.1) is 0 Å². The highest BCUT2D eigenvalue weighted by molar-refractivity contribution is 6.08. The summed E-state index contributed by atoms with van der Waals surface area (Å²) >= 11 is 0. The minimum absolute atomic E-state index is 0.232. The molecule has 3 aromatic rings. The first kappa shape index (κ1) is 11.0. The summed E-state index contributed by atoms with van der Waals surface area (Å²) in [6.07, 6.45) is 0. The molecule has 0 fully saturated rings. The summed E-state index contributed by atoms with van der Waals surface area (Å²) in [6.45, 7) is 0. The van der Waals surface area contributed by atoms with E-state index in [0.717, 1.165) is 12.1 Å². The summed E-state index contributed by atoms with van der Waals surface area (Å²) in [7, 11) is 0. The molecule has 0 saturated heterocycles. The van der Waals surface area contributed by atoms with Gasteiger partial charge >= 0.3 is 0 Å². The van der Waals surface area contributed by atoms with Gasteiger partial charge in [-0.25, -0.2) is 17.6 Å². The molecule has 0 aliphatic heterocycles. The minimum Gasteiger partial charge on any atom is -0.204 e. The smallest absolute Gasteiger partial charge is 0.167 e. The van der Waals surface area contributed by atoms with Gasteiger partial charge in [0.2, 0.25) is 0 Å². The van der Waals surface area contributed by atoms with Crippen molar-refractivity contribution in [3.8, 4) is 0 Å². The molecule has 0 unspecified atom stereocenters. The average molecular weight is 250 g/mol. The molecule has 0 heterocycles. The molecule has 0 radical (unpaired) electrons. The topological polar surface area (TPSA) is 0 Å². The highest BCUT2D eigenvalue weighted by atomic mass is 19.2. The Morgan fingerprint density at radius 2 is 0.833 bits per heavy atom. The lowest BCUT2D eigenvalue weighted by atomic mass is 10.0. The van der Waals surface area contributed by atoms with E-state index < -0.39 is 23.3 Å². The van der Waals surface area contributed by atoms with Crippen LogP contribution in [0.25, 0.3) is 21.5 Å². The van der Waals surface area contributed by atoms with Gasteiger partial charge < -0.3 is 0 Å². The second-order valence-corrected chi connectivity index (χ2v) is 3.98. The van der Waals surface area contributed by atoms with Crippen LogP contribution >= 0.6 is 0 Å². The zero-order chi connectivity index (χ0) is 12.9. The van der Waals surface area contributed by atoms with Crippen LogP contribution < -0.4 is 0 Å². The summed E-state index contributed by atoms with van der Waals surface area (Å²) < 4.78 is 54.0. The first-order chi connectivity index (χ1) is 8.59. The van der Waals surface area contributed by atoms with Crippen LogP contribution in [-0.2, 0) is 0 Å². The van der Waals surface area contributed by atoms with Gasteiger partial charge in [-0.1, -0.05) is 24.3 Å². The van der Waals surface area contributed by atoms with E-state index in [0.29, 0.717) is 10.8 Å². The molecule has 18 heavy (non-hydrogen) atoms. The first-order valence-corrected chi connectivity index (χ1v) is 5.24. The Morgan fingerprint density at radius 1 is 0.500 bits per heavy atom. The third kappa shape index (κ3) is 1.38. The molecule has 0 atom stereocenters. The lowest BCUT2D eigenvalue weighted by Crippen LogP contribution is -1.92. The molecule has 0 N–H and O–H groups in total. The Labute approximate surface area is 99.5 Å². The third-order valence-corrected chi connectivity index (χ3v) is 2.95. The second-order valence-electron chi connectivity index (χ2n) is 3.98. The Hall–Kier alpha value is -2.10. The van der Waals surface area contributed by atoms with Gasteiger partial charge in [-0.2, -0.15) is 0 Å². The van der Waals surface area contributed by atoms with Crippen molar-refractivity contribution in [2.24, 2.45) is 0 Å². The van der Waals surface area contributed by atoms with Gasteiger partial charge in [-0.05, 0) is 22.9 Å². The van der Waals surface area contributed by atoms with Crippen LogP contribution in [0, 0.1) is 23.3 Å². The van der Waals surface area contributed by atoms with Crippen molar-refractivity contribution in [2.75, 3.05) is 0 Å². The SMILES string of the molecule is Fc1ccc2ccc3ccc(F)c(F)c3c2c1F. The molecule has 0 aliphatic carbocycles. The van der Waals surface area contributed by atoms with E-state index in [4.69, 9.17) is 0 Å². The zero-order valence-corrected chi connectivity index (χ0v) is 8.98. The van der Waals surface area contributed by atoms with E-state index in [1.54, 1.807) is 0 Å². The molecule has 0 spiro atoms. The van der Waals surface area contributed by atoms with Gasteiger partial charge in [0, 0.05) is 10.8 Å². The highest BCUT2D eigenvalue weighted by Gasteiger charge is 2.15. The van der Waals surface area contributed by atoms with Gasteiger partial charge in [0.25, 0.3) is 0 Å². The Morgan fingerprint density at radius 3 is 1.22 bits per heavy atom. The quantitative estimate of drug-likeness (QED) is 0.405. The fourth-order valence-corrected chi connectivity index (χ4v) is 2.10. The van der Waals surface area contributed by atoms with Crippen molar-refractivity contribution in [3.63, 3.8) is 0 Å². The number of hydrogen-bond donors (Lipinski definition) is 0. The lowest BCUT2D eigenvalue weighted by Gasteiger charge is -2.07. The monoisotopic (exact) mass is 250 g/mol. The van der Waals surface area contributed by atoms with E-state index in [-0.39, 0.29) is 10.8 Å². The predicted octanol–water partition coefficient (Wildman–Crippen LogP) is 4.55. The van der Waals surface area contributed by atoms with E-state index in [1.807, 2.05) is 0 Å². The van der Waals surface area contributed by atoms with Crippen molar-refractivity contribution < 1.29 is 17.6 Å². The van der Waals surface area contributed by atoms with Crippen LogP contribution in [0.4, 0.5) is 17.6 Å². The van der Waals surface area contributed by atoms with Crippen molar-refractivity contribution >= 4 is 21.5 Å². The summed E-state index contributed by atoms with van der Waals surface area (Å²) in [6, 6.07) is 7.66. The first-order valence-electron chi connectivity index (χ1n) is 5.24. The normalized spacial score (nSPS) is 11.3. The third-order valence-electron chi connectivity index (χ3n) is 2.95. The van der Waals surface area contributed by atoms with E-state index in [2.05, 4.69) is 0 Å². The summed E-state index contributed by atoms with van der Waals surface area (Å²) in [5.41, 5.74) is 0. The zero-order valence-electron chi connectivity index (χ0n) is 8.98. The summed E-state index contributed by atoms with van der Waals surface area (Å²) in [5.74, 6) is -4.50. The maximum atomic E-state index is 13.8. The van der Waals surface area contributed by atoms with Crippen LogP contribution in [0.1, 0.15) is 0 Å². The molecule has 0 bridgehead atoms. The highest BCUT2D eigenvalue weighted by Crippen LogP contribution is 2.31. The molecule has 4 heteroatoms. The van der Waals surface area contributed by atoms with E-state index >= 15 is 0 Å². The fraction of sp³-hybridized carbons (Fsp3) is 0. The number of hydrogen-bond acceptors (Lipinski definition) is 0. The molecule has 3 aromatic carbocycles. The number of rotatable bonds is 0. The molecular weight excluding hydrogens is 244 g/mol. The predicted molar refractivity (Wildman–Crippen MR) is 61.3 cm³/mol. The van der Waals surface area contributed by atoms with Crippen LogP contribution in [-0.4, -0.2) is 0 Å². The van der Waals surface area contributed by atoms with Crippen LogP contribution in [0.5, 0.6) is 0 Å². The average Bonchev–Trinajstić information content (AvgIpc) is 2.38. The molecule has 0 amide bonds. The molecule has 0 aliphatic rings. The van der Waals surface area contributed by atoms with Crippen LogP contribution in [0.3, 0.4) is 0 Å². The summed E-state index contributed by atoms with van der Waals surface area (Å²) in [5, 5.41) is 0.186.